The zero-order chi connectivity index (χ0) is 17.3. The monoisotopic (exact) mass is 332 g/mol. The molecule has 1 aliphatic rings. The third-order valence-corrected chi connectivity index (χ3v) is 3.37. The van der Waals surface area contributed by atoms with Crippen LogP contribution in [-0.4, -0.2) is 79.0 Å². The van der Waals surface area contributed by atoms with Gasteiger partial charge in [0.2, 0.25) is 6.29 Å². The predicted molar refractivity (Wildman–Crippen MR) is 71.1 cm³/mol. The normalized spacial score (nSPS) is 30.9. The molecule has 10 nitrogen and oxygen atoms in total. The van der Waals surface area contributed by atoms with Gasteiger partial charge in [0.1, 0.15) is 47.2 Å². The van der Waals surface area contributed by atoms with Gasteiger partial charge in [0, 0.05) is 12.1 Å². The Morgan fingerprint density at radius 2 is 1.78 bits per heavy atom. The molecule has 10 heteroatoms. The predicted octanol–water partition coefficient (Wildman–Crippen LogP) is -2.03. The highest BCUT2D eigenvalue weighted by atomic mass is 16.7. The molecule has 0 aliphatic carbocycles. The molecule has 0 aromatic heterocycles. The van der Waals surface area contributed by atoms with Crippen molar-refractivity contribution in [2.75, 3.05) is 6.61 Å². The molecule has 7 N–H and O–H groups in total. The smallest absolute Gasteiger partial charge is 0.343 e. The highest BCUT2D eigenvalue weighted by molar-refractivity contribution is 5.94. The van der Waals surface area contributed by atoms with Crippen molar-refractivity contribution in [2.24, 2.45) is 0 Å². The van der Waals surface area contributed by atoms with Gasteiger partial charge in [-0.25, -0.2) is 4.79 Å². The molecule has 0 amide bonds. The lowest BCUT2D eigenvalue weighted by Crippen LogP contribution is -2.60. The molecule has 0 radical (unpaired) electrons. The first-order valence-corrected chi connectivity index (χ1v) is 6.52. The zero-order valence-electron chi connectivity index (χ0n) is 11.6. The summed E-state index contributed by atoms with van der Waals surface area (Å²) in [5.41, 5.74) is -0.695. The summed E-state index contributed by atoms with van der Waals surface area (Å²) in [5.74, 6) is -3.38. The first kappa shape index (κ1) is 17.2. The third kappa shape index (κ3) is 3.30. The molecule has 2 rings (SSSR count). The third-order valence-electron chi connectivity index (χ3n) is 3.37. The van der Waals surface area contributed by atoms with Crippen LogP contribution in [0.15, 0.2) is 12.1 Å². The van der Waals surface area contributed by atoms with Crippen LogP contribution in [0.2, 0.25) is 0 Å². The summed E-state index contributed by atoms with van der Waals surface area (Å²) in [5, 5.41) is 66.3. The average molecular weight is 332 g/mol. The van der Waals surface area contributed by atoms with E-state index < -0.39 is 66.1 Å². The molecule has 0 saturated carbocycles. The Labute approximate surface area is 129 Å². The number of ether oxygens (including phenoxy) is 2. The number of carboxylic acids is 1. The summed E-state index contributed by atoms with van der Waals surface area (Å²) in [6.07, 6.45) is -7.99. The molecule has 23 heavy (non-hydrogen) atoms. The Kier molecular flexibility index (Phi) is 4.92. The van der Waals surface area contributed by atoms with E-state index in [4.69, 9.17) is 19.7 Å². The number of carbonyl (C=O) groups is 1. The minimum absolute atomic E-state index is 0.507. The topological polar surface area (TPSA) is 177 Å². The molecule has 128 valence electrons. The van der Waals surface area contributed by atoms with Crippen molar-refractivity contribution in [1.82, 2.24) is 0 Å². The van der Waals surface area contributed by atoms with Gasteiger partial charge in [-0.15, -0.1) is 0 Å². The summed E-state index contributed by atoms with van der Waals surface area (Å²) in [7, 11) is 0. The minimum Gasteiger partial charge on any atom is -0.508 e. The van der Waals surface area contributed by atoms with E-state index >= 15 is 0 Å². The fourth-order valence-electron chi connectivity index (χ4n) is 2.18. The second-order valence-corrected chi connectivity index (χ2v) is 4.96. The van der Waals surface area contributed by atoms with Gasteiger partial charge in [-0.05, 0) is 0 Å². The number of aliphatic hydroxyl groups excluding tert-OH is 4. The van der Waals surface area contributed by atoms with E-state index in [2.05, 4.69) is 0 Å². The van der Waals surface area contributed by atoms with Crippen LogP contribution in [0.3, 0.4) is 0 Å². The van der Waals surface area contributed by atoms with E-state index in [1.165, 1.54) is 0 Å². The zero-order valence-corrected chi connectivity index (χ0v) is 11.6. The van der Waals surface area contributed by atoms with Crippen molar-refractivity contribution >= 4 is 5.97 Å². The Bertz CT molecular complexity index is 586. The number of hydrogen-bond donors (Lipinski definition) is 7. The highest BCUT2D eigenvalue weighted by Crippen LogP contribution is 2.35. The first-order valence-electron chi connectivity index (χ1n) is 6.52. The number of phenolic OH excluding ortho intramolecular Hbond substituents is 1. The van der Waals surface area contributed by atoms with Gasteiger partial charge in [-0.2, -0.15) is 0 Å². The van der Waals surface area contributed by atoms with Crippen LogP contribution in [0, 0.1) is 0 Å². The lowest BCUT2D eigenvalue weighted by atomic mass is 9.99. The van der Waals surface area contributed by atoms with Crippen molar-refractivity contribution < 1.29 is 50.0 Å². The number of aromatic hydroxyl groups is 2. The van der Waals surface area contributed by atoms with Crippen LogP contribution in [0.5, 0.6) is 17.2 Å². The average Bonchev–Trinajstić information content (AvgIpc) is 2.46. The number of rotatable bonds is 4. The van der Waals surface area contributed by atoms with Crippen LogP contribution in [-0.2, 0) is 4.74 Å². The summed E-state index contributed by atoms with van der Waals surface area (Å²) < 4.78 is 10.2. The Balaban J connectivity index is 2.33. The lowest BCUT2D eigenvalue weighted by molar-refractivity contribution is -0.277. The summed E-state index contributed by atoms with van der Waals surface area (Å²) in [4.78, 5) is 11.2. The molecule has 1 fully saturated rings. The van der Waals surface area contributed by atoms with Gasteiger partial charge in [0.15, 0.2) is 0 Å². The summed E-state index contributed by atoms with van der Waals surface area (Å²) in [6, 6.07) is 1.65. The fourth-order valence-corrected chi connectivity index (χ4v) is 2.18. The van der Waals surface area contributed by atoms with Crippen LogP contribution in [0.25, 0.3) is 0 Å². The number of benzene rings is 1. The quantitative estimate of drug-likeness (QED) is 0.325. The molecule has 1 aliphatic heterocycles. The molecule has 5 unspecified atom stereocenters. The Hall–Kier alpha value is -2.11. The molecule has 1 saturated heterocycles. The molecule has 0 spiro atoms. The van der Waals surface area contributed by atoms with Gasteiger partial charge >= 0.3 is 5.97 Å². The number of aromatic carboxylic acids is 1. The van der Waals surface area contributed by atoms with Crippen molar-refractivity contribution in [3.63, 3.8) is 0 Å². The van der Waals surface area contributed by atoms with E-state index in [-0.39, 0.29) is 0 Å². The van der Waals surface area contributed by atoms with Gasteiger partial charge in [-0.3, -0.25) is 0 Å². The van der Waals surface area contributed by atoms with E-state index in [0.717, 1.165) is 12.1 Å². The minimum atomic E-state index is -1.76. The van der Waals surface area contributed by atoms with E-state index in [0.29, 0.717) is 0 Å². The highest BCUT2D eigenvalue weighted by Gasteiger charge is 2.45. The molecule has 5 atom stereocenters. The maximum Gasteiger partial charge on any atom is 0.343 e. The van der Waals surface area contributed by atoms with E-state index in [1.54, 1.807) is 0 Å². The van der Waals surface area contributed by atoms with Crippen molar-refractivity contribution in [3.8, 4) is 17.2 Å². The molecular weight excluding hydrogens is 316 g/mol. The molecule has 0 bridgehead atoms. The van der Waals surface area contributed by atoms with Crippen molar-refractivity contribution in [3.05, 3.63) is 17.7 Å². The van der Waals surface area contributed by atoms with E-state index in [1.807, 2.05) is 0 Å². The molecular formula is C13H16O10. The standard InChI is InChI=1S/C13H16O10/c14-3-7-9(17)10(18)11(19)13(23-7)22-6-2-4(15)1-5(16)8(6)12(20)21/h1-2,7,9-11,13-19H,3H2,(H,20,21). The number of carboxylic acid groups (broad SMARTS) is 1. The number of hydrogen-bond acceptors (Lipinski definition) is 9. The van der Waals surface area contributed by atoms with Crippen LogP contribution in [0.4, 0.5) is 0 Å². The van der Waals surface area contributed by atoms with Crippen molar-refractivity contribution in [1.29, 1.82) is 0 Å². The van der Waals surface area contributed by atoms with Crippen LogP contribution < -0.4 is 4.74 Å². The van der Waals surface area contributed by atoms with Crippen LogP contribution >= 0.6 is 0 Å². The Morgan fingerprint density at radius 1 is 1.13 bits per heavy atom. The van der Waals surface area contributed by atoms with Gasteiger partial charge < -0.3 is 45.2 Å². The largest absolute Gasteiger partial charge is 0.508 e. The van der Waals surface area contributed by atoms with Crippen LogP contribution in [0.1, 0.15) is 10.4 Å². The summed E-state index contributed by atoms with van der Waals surface area (Å²) in [6.45, 7) is -0.693. The fraction of sp³-hybridized carbons (Fsp3) is 0.462. The van der Waals surface area contributed by atoms with Crippen molar-refractivity contribution in [2.45, 2.75) is 30.7 Å². The molecule has 1 heterocycles. The summed E-state index contributed by atoms with van der Waals surface area (Å²) >= 11 is 0. The van der Waals surface area contributed by atoms with E-state index in [9.17, 15) is 30.3 Å². The lowest BCUT2D eigenvalue weighted by Gasteiger charge is -2.39. The maximum absolute atomic E-state index is 11.2. The SMILES string of the molecule is O=C(O)c1c(O)cc(O)cc1OC1OC(CO)C(O)C(O)C1O. The Morgan fingerprint density at radius 3 is 2.35 bits per heavy atom. The second-order valence-electron chi connectivity index (χ2n) is 4.96. The van der Waals surface area contributed by atoms with Gasteiger partial charge in [0.25, 0.3) is 0 Å². The maximum atomic E-state index is 11.2. The second kappa shape index (κ2) is 6.56. The molecule has 1 aromatic rings. The number of phenols is 2. The number of aliphatic hydroxyl groups is 4. The first-order chi connectivity index (χ1) is 10.8. The molecule has 1 aromatic carbocycles. The van der Waals surface area contributed by atoms with Gasteiger partial charge in [0.05, 0.1) is 6.61 Å². The van der Waals surface area contributed by atoms with Gasteiger partial charge in [-0.1, -0.05) is 0 Å².